The van der Waals surface area contributed by atoms with Gasteiger partial charge >= 0.3 is 0 Å². The van der Waals surface area contributed by atoms with Crippen LogP contribution in [0.2, 0.25) is 0 Å². The minimum Gasteiger partial charge on any atom is -0.396 e. The normalized spacial score (nSPS) is 11.2. The van der Waals surface area contributed by atoms with Crippen LogP contribution in [0.4, 0.5) is 5.69 Å². The van der Waals surface area contributed by atoms with Crippen molar-refractivity contribution < 1.29 is 14.8 Å². The predicted molar refractivity (Wildman–Crippen MR) is 79.1 cm³/mol. The van der Waals surface area contributed by atoms with Gasteiger partial charge in [0.25, 0.3) is 11.6 Å². The molecule has 1 aromatic rings. The van der Waals surface area contributed by atoms with Gasteiger partial charge in [-0.2, -0.15) is 0 Å². The third-order valence-electron chi connectivity index (χ3n) is 2.59. The molecule has 6 nitrogen and oxygen atoms in total. The Hall–Kier alpha value is -1.22. The van der Waals surface area contributed by atoms with Gasteiger partial charge in [-0.3, -0.25) is 14.9 Å². The largest absolute Gasteiger partial charge is 0.396 e. The lowest BCUT2D eigenvalue weighted by Crippen LogP contribution is -2.44. The Morgan fingerprint density at radius 2 is 2.16 bits per heavy atom. The summed E-state index contributed by atoms with van der Waals surface area (Å²) < 4.78 is 0.639. The number of carbonyl (C=O) groups excluding carboxylic acids is 1. The fraction of sp³-hybridized carbons (Fsp3) is 0.417. The number of hydrogen-bond donors (Lipinski definition) is 2. The number of benzene rings is 1. The van der Waals surface area contributed by atoms with Gasteiger partial charge < -0.3 is 10.4 Å². The van der Waals surface area contributed by atoms with Crippen LogP contribution < -0.4 is 5.32 Å². The lowest BCUT2D eigenvalue weighted by Gasteiger charge is -2.25. The second-order valence-corrected chi connectivity index (χ2v) is 5.90. The summed E-state index contributed by atoms with van der Waals surface area (Å²) in [5, 5.41) is 22.4. The first-order valence-corrected chi connectivity index (χ1v) is 6.72. The highest BCUT2D eigenvalue weighted by Crippen LogP contribution is 2.20. The Bertz CT molecular complexity index is 503. The van der Waals surface area contributed by atoms with Crippen LogP contribution in [0.3, 0.4) is 0 Å². The molecule has 0 saturated carbocycles. The van der Waals surface area contributed by atoms with E-state index < -0.39 is 10.5 Å². The summed E-state index contributed by atoms with van der Waals surface area (Å²) in [5.41, 5.74) is -0.425. The second kappa shape index (κ2) is 6.29. The molecule has 0 heterocycles. The molecule has 19 heavy (non-hydrogen) atoms. The number of carbonyl (C=O) groups is 1. The van der Waals surface area contributed by atoms with E-state index in [0.717, 1.165) is 0 Å². The molecule has 0 radical (unpaired) electrons. The number of rotatable bonds is 5. The molecule has 0 fully saturated rings. The summed E-state index contributed by atoms with van der Waals surface area (Å²) >= 11 is 1.96. The number of nitro groups is 1. The zero-order chi connectivity index (χ0) is 14.6. The molecule has 104 valence electrons. The Morgan fingerprint density at radius 3 is 2.68 bits per heavy atom. The van der Waals surface area contributed by atoms with Crippen LogP contribution in [0.5, 0.6) is 0 Å². The molecule has 0 atom stereocenters. The van der Waals surface area contributed by atoms with Crippen LogP contribution in [0, 0.1) is 13.7 Å². The summed E-state index contributed by atoms with van der Waals surface area (Å²) in [6.07, 6.45) is 0.407. The molecule has 0 saturated heterocycles. The van der Waals surface area contributed by atoms with E-state index in [4.69, 9.17) is 5.11 Å². The lowest BCUT2D eigenvalue weighted by atomic mass is 10.0. The average molecular weight is 378 g/mol. The number of aliphatic hydroxyl groups excluding tert-OH is 1. The number of nitrogens with zero attached hydrogens (tertiary/aromatic N) is 1. The number of nitrogens with one attached hydrogen (secondary N) is 1. The summed E-state index contributed by atoms with van der Waals surface area (Å²) in [6, 6.07) is 4.15. The Labute approximate surface area is 124 Å². The van der Waals surface area contributed by atoms with Crippen LogP contribution in [-0.2, 0) is 0 Å². The van der Waals surface area contributed by atoms with E-state index >= 15 is 0 Å². The monoisotopic (exact) mass is 378 g/mol. The highest BCUT2D eigenvalue weighted by molar-refractivity contribution is 14.1. The van der Waals surface area contributed by atoms with Crippen molar-refractivity contribution in [1.82, 2.24) is 5.32 Å². The predicted octanol–water partition coefficient (Wildman–Crippen LogP) is 2.09. The molecule has 0 aromatic heterocycles. The maximum Gasteiger partial charge on any atom is 0.270 e. The van der Waals surface area contributed by atoms with E-state index in [-0.39, 0.29) is 23.8 Å². The van der Waals surface area contributed by atoms with Crippen molar-refractivity contribution in [3.05, 3.63) is 37.4 Å². The molecule has 2 N–H and O–H groups in total. The van der Waals surface area contributed by atoms with Gasteiger partial charge in [0, 0.05) is 27.8 Å². The molecule has 0 aliphatic carbocycles. The number of halogens is 1. The standard InChI is InChI=1S/C12H15IN2O4/c1-12(2,5-6-16)14-11(17)9-7-8(15(18)19)3-4-10(9)13/h3-4,7,16H,5-6H2,1-2H3,(H,14,17). The number of aliphatic hydroxyl groups is 1. The van der Waals surface area contributed by atoms with E-state index in [9.17, 15) is 14.9 Å². The topological polar surface area (TPSA) is 92.5 Å². The van der Waals surface area contributed by atoms with Gasteiger partial charge in [-0.25, -0.2) is 0 Å². The van der Waals surface area contributed by atoms with Crippen LogP contribution in [-0.4, -0.2) is 28.1 Å². The van der Waals surface area contributed by atoms with E-state index in [0.29, 0.717) is 9.99 Å². The summed E-state index contributed by atoms with van der Waals surface area (Å²) in [5.74, 6) is -0.383. The maximum absolute atomic E-state index is 12.1. The van der Waals surface area contributed by atoms with Crippen LogP contribution in [0.25, 0.3) is 0 Å². The van der Waals surface area contributed by atoms with Gasteiger partial charge in [0.2, 0.25) is 0 Å². The minimum atomic E-state index is -0.570. The van der Waals surface area contributed by atoms with Gasteiger partial charge in [0.05, 0.1) is 10.5 Å². The van der Waals surface area contributed by atoms with Crippen molar-refractivity contribution in [2.45, 2.75) is 25.8 Å². The summed E-state index contributed by atoms with van der Waals surface area (Å²) in [6.45, 7) is 3.52. The molecule has 0 aliphatic rings. The van der Waals surface area contributed by atoms with Crippen LogP contribution in [0.1, 0.15) is 30.6 Å². The molecule has 1 rings (SSSR count). The Kier molecular flexibility index (Phi) is 5.24. The third kappa shape index (κ3) is 4.43. The van der Waals surface area contributed by atoms with Crippen molar-refractivity contribution >= 4 is 34.2 Å². The van der Waals surface area contributed by atoms with Crippen molar-refractivity contribution in [1.29, 1.82) is 0 Å². The van der Waals surface area contributed by atoms with Crippen molar-refractivity contribution in [3.8, 4) is 0 Å². The Balaban J connectivity index is 2.99. The number of amides is 1. The van der Waals surface area contributed by atoms with Gasteiger partial charge in [-0.15, -0.1) is 0 Å². The van der Waals surface area contributed by atoms with Gasteiger partial charge in [-0.1, -0.05) is 0 Å². The summed E-state index contributed by atoms with van der Waals surface area (Å²) in [7, 11) is 0. The van der Waals surface area contributed by atoms with Gasteiger partial charge in [0.15, 0.2) is 0 Å². The smallest absolute Gasteiger partial charge is 0.270 e. The average Bonchev–Trinajstić information content (AvgIpc) is 2.28. The molecule has 1 aromatic carbocycles. The van der Waals surface area contributed by atoms with Crippen molar-refractivity contribution in [2.75, 3.05) is 6.61 Å². The van der Waals surface area contributed by atoms with E-state index in [1.54, 1.807) is 13.8 Å². The maximum atomic E-state index is 12.1. The quantitative estimate of drug-likeness (QED) is 0.466. The first-order chi connectivity index (χ1) is 8.76. The van der Waals surface area contributed by atoms with E-state index in [1.807, 2.05) is 22.6 Å². The zero-order valence-corrected chi connectivity index (χ0v) is 12.8. The fourth-order valence-electron chi connectivity index (χ4n) is 1.52. The summed E-state index contributed by atoms with van der Waals surface area (Å²) in [4.78, 5) is 22.3. The highest BCUT2D eigenvalue weighted by Gasteiger charge is 2.23. The third-order valence-corrected chi connectivity index (χ3v) is 3.53. The van der Waals surface area contributed by atoms with Crippen LogP contribution in [0.15, 0.2) is 18.2 Å². The van der Waals surface area contributed by atoms with Crippen molar-refractivity contribution in [2.24, 2.45) is 0 Å². The zero-order valence-electron chi connectivity index (χ0n) is 10.6. The lowest BCUT2D eigenvalue weighted by molar-refractivity contribution is -0.384. The van der Waals surface area contributed by atoms with E-state index in [1.165, 1.54) is 18.2 Å². The fourth-order valence-corrected chi connectivity index (χ4v) is 2.10. The molecular weight excluding hydrogens is 363 g/mol. The molecule has 1 amide bonds. The minimum absolute atomic E-state index is 0.0424. The number of nitro benzene ring substituents is 1. The Morgan fingerprint density at radius 1 is 1.53 bits per heavy atom. The SMILES string of the molecule is CC(C)(CCO)NC(=O)c1cc([N+](=O)[O-])ccc1I. The molecule has 0 unspecified atom stereocenters. The van der Waals surface area contributed by atoms with Gasteiger partial charge in [-0.05, 0) is 48.9 Å². The molecular formula is C12H15IN2O4. The first kappa shape index (κ1) is 15.8. The van der Waals surface area contributed by atoms with Crippen molar-refractivity contribution in [3.63, 3.8) is 0 Å². The van der Waals surface area contributed by atoms with E-state index in [2.05, 4.69) is 5.32 Å². The molecule has 0 spiro atoms. The van der Waals surface area contributed by atoms with Gasteiger partial charge in [0.1, 0.15) is 0 Å². The highest BCUT2D eigenvalue weighted by atomic mass is 127. The number of non-ortho nitro benzene ring substituents is 1. The van der Waals surface area contributed by atoms with Crippen LogP contribution >= 0.6 is 22.6 Å². The second-order valence-electron chi connectivity index (χ2n) is 4.73. The number of hydrogen-bond acceptors (Lipinski definition) is 4. The molecule has 0 bridgehead atoms. The first-order valence-electron chi connectivity index (χ1n) is 5.64. The molecule has 7 heteroatoms. The molecule has 0 aliphatic heterocycles.